The molecule has 2 N–H and O–H groups in total. The fourth-order valence-corrected chi connectivity index (χ4v) is 1.56. The molecule has 0 radical (unpaired) electrons. The molecule has 2 amide bonds. The monoisotopic (exact) mass is 293 g/mol. The molecule has 0 aromatic heterocycles. The quantitative estimate of drug-likeness (QED) is 0.786. The van der Waals surface area contributed by atoms with Gasteiger partial charge in [-0.1, -0.05) is 30.3 Å². The first kappa shape index (κ1) is 17.0. The molecule has 1 atom stereocenters. The molecule has 1 rings (SSSR count). The van der Waals surface area contributed by atoms with Crippen LogP contribution < -0.4 is 10.6 Å². The van der Waals surface area contributed by atoms with Crippen molar-refractivity contribution in [2.75, 3.05) is 27.2 Å². The maximum Gasteiger partial charge on any atom is 0.408 e. The van der Waals surface area contributed by atoms with Crippen LogP contribution in [0.15, 0.2) is 30.3 Å². The summed E-state index contributed by atoms with van der Waals surface area (Å²) >= 11 is 0. The van der Waals surface area contributed by atoms with Gasteiger partial charge in [-0.05, 0) is 26.6 Å². The second-order valence-electron chi connectivity index (χ2n) is 5.02. The topological polar surface area (TPSA) is 70.7 Å². The number of hydrogen-bond donors (Lipinski definition) is 2. The van der Waals surface area contributed by atoms with E-state index in [1.54, 1.807) is 6.92 Å². The van der Waals surface area contributed by atoms with Crippen LogP contribution in [0.4, 0.5) is 4.79 Å². The summed E-state index contributed by atoms with van der Waals surface area (Å²) < 4.78 is 5.05. The third-order valence-corrected chi connectivity index (χ3v) is 2.80. The van der Waals surface area contributed by atoms with Crippen molar-refractivity contribution in [3.63, 3.8) is 0 Å². The highest BCUT2D eigenvalue weighted by Gasteiger charge is 2.15. The molecule has 21 heavy (non-hydrogen) atoms. The molecule has 0 unspecified atom stereocenters. The van der Waals surface area contributed by atoms with Crippen LogP contribution in [0.1, 0.15) is 12.5 Å². The Labute approximate surface area is 125 Å². The van der Waals surface area contributed by atoms with Crippen molar-refractivity contribution in [2.24, 2.45) is 0 Å². The number of nitrogens with one attached hydrogen (secondary N) is 2. The third-order valence-electron chi connectivity index (χ3n) is 2.80. The number of ether oxygens (including phenoxy) is 1. The van der Waals surface area contributed by atoms with Crippen molar-refractivity contribution in [1.29, 1.82) is 0 Å². The smallest absolute Gasteiger partial charge is 0.408 e. The average molecular weight is 293 g/mol. The van der Waals surface area contributed by atoms with Crippen LogP contribution in [0, 0.1) is 0 Å². The molecule has 0 aliphatic heterocycles. The number of nitrogens with zero attached hydrogens (tertiary/aromatic N) is 1. The summed E-state index contributed by atoms with van der Waals surface area (Å²) in [4.78, 5) is 25.3. The average Bonchev–Trinajstić information content (AvgIpc) is 2.45. The molecule has 116 valence electrons. The zero-order valence-electron chi connectivity index (χ0n) is 12.8. The molecule has 6 heteroatoms. The van der Waals surface area contributed by atoms with Crippen molar-refractivity contribution < 1.29 is 14.3 Å². The van der Waals surface area contributed by atoms with Gasteiger partial charge in [-0.3, -0.25) is 4.79 Å². The Bertz CT molecular complexity index is 449. The summed E-state index contributed by atoms with van der Waals surface area (Å²) in [6.07, 6.45) is -0.603. The van der Waals surface area contributed by atoms with Crippen LogP contribution in [-0.4, -0.2) is 50.1 Å². The van der Waals surface area contributed by atoms with E-state index >= 15 is 0 Å². The molecule has 0 fully saturated rings. The van der Waals surface area contributed by atoms with Gasteiger partial charge in [0, 0.05) is 13.1 Å². The lowest BCUT2D eigenvalue weighted by molar-refractivity contribution is -0.122. The molecule has 6 nitrogen and oxygen atoms in total. The van der Waals surface area contributed by atoms with Gasteiger partial charge in [0.05, 0.1) is 0 Å². The third kappa shape index (κ3) is 7.31. The minimum Gasteiger partial charge on any atom is -0.445 e. The summed E-state index contributed by atoms with van der Waals surface area (Å²) in [5.74, 6) is -0.228. The van der Waals surface area contributed by atoms with E-state index in [0.717, 1.165) is 12.1 Å². The van der Waals surface area contributed by atoms with Crippen LogP contribution in [0.5, 0.6) is 0 Å². The molecule has 0 aliphatic carbocycles. The van der Waals surface area contributed by atoms with E-state index in [4.69, 9.17) is 4.74 Å². The van der Waals surface area contributed by atoms with Crippen LogP contribution in [0.2, 0.25) is 0 Å². The Hall–Kier alpha value is -2.08. The standard InChI is InChI=1S/C15H23N3O3/c1-12(14(19)16-9-10-18(2)3)17-15(20)21-11-13-7-5-4-6-8-13/h4-8,12H,9-11H2,1-3H3,(H,16,19)(H,17,20)/t12-/m0/s1. The molecule has 0 saturated heterocycles. The van der Waals surface area contributed by atoms with Crippen LogP contribution in [-0.2, 0) is 16.1 Å². The van der Waals surface area contributed by atoms with Gasteiger partial charge in [0.15, 0.2) is 0 Å². The second-order valence-corrected chi connectivity index (χ2v) is 5.02. The lowest BCUT2D eigenvalue weighted by Gasteiger charge is -2.15. The highest BCUT2D eigenvalue weighted by molar-refractivity contribution is 5.85. The zero-order valence-corrected chi connectivity index (χ0v) is 12.8. The van der Waals surface area contributed by atoms with Gasteiger partial charge in [-0.15, -0.1) is 0 Å². The van der Waals surface area contributed by atoms with Crippen molar-refractivity contribution in [2.45, 2.75) is 19.6 Å². The fourth-order valence-electron chi connectivity index (χ4n) is 1.56. The lowest BCUT2D eigenvalue weighted by atomic mass is 10.2. The van der Waals surface area contributed by atoms with Crippen LogP contribution >= 0.6 is 0 Å². The van der Waals surface area contributed by atoms with Crippen LogP contribution in [0.25, 0.3) is 0 Å². The lowest BCUT2D eigenvalue weighted by Crippen LogP contribution is -2.46. The molecular formula is C15H23N3O3. The van der Waals surface area contributed by atoms with Crippen LogP contribution in [0.3, 0.4) is 0 Å². The second kappa shape index (κ2) is 8.97. The Morgan fingerprint density at radius 3 is 2.52 bits per heavy atom. The molecule has 0 bridgehead atoms. The first-order valence-electron chi connectivity index (χ1n) is 6.88. The minimum absolute atomic E-state index is 0.182. The molecule has 0 heterocycles. The number of hydrogen-bond acceptors (Lipinski definition) is 4. The first-order valence-corrected chi connectivity index (χ1v) is 6.88. The maximum absolute atomic E-state index is 11.7. The first-order chi connectivity index (χ1) is 9.99. The van der Waals surface area contributed by atoms with Crippen molar-refractivity contribution in [3.05, 3.63) is 35.9 Å². The van der Waals surface area contributed by atoms with E-state index in [-0.39, 0.29) is 12.5 Å². The molecule has 1 aromatic carbocycles. The predicted octanol–water partition coefficient (Wildman–Crippen LogP) is 0.979. The van der Waals surface area contributed by atoms with Crippen molar-refractivity contribution in [1.82, 2.24) is 15.5 Å². The number of benzene rings is 1. The molecular weight excluding hydrogens is 270 g/mol. The summed E-state index contributed by atoms with van der Waals surface area (Å²) in [6, 6.07) is 8.74. The molecule has 1 aromatic rings. The van der Waals surface area contributed by atoms with Gasteiger partial charge in [0.25, 0.3) is 0 Å². The normalized spacial score (nSPS) is 11.8. The van der Waals surface area contributed by atoms with E-state index in [2.05, 4.69) is 10.6 Å². The Morgan fingerprint density at radius 2 is 1.90 bits per heavy atom. The highest BCUT2D eigenvalue weighted by Crippen LogP contribution is 2.00. The summed E-state index contributed by atoms with van der Waals surface area (Å²) in [6.45, 7) is 3.09. The largest absolute Gasteiger partial charge is 0.445 e. The van der Waals surface area contributed by atoms with Crippen molar-refractivity contribution >= 4 is 12.0 Å². The Kier molecular flexibility index (Phi) is 7.25. The molecule has 0 spiro atoms. The Balaban J connectivity index is 2.25. The predicted molar refractivity (Wildman–Crippen MR) is 80.8 cm³/mol. The maximum atomic E-state index is 11.7. The van der Waals surface area contributed by atoms with E-state index in [1.165, 1.54) is 0 Å². The number of carbonyl (C=O) groups excluding carboxylic acids is 2. The van der Waals surface area contributed by atoms with E-state index in [1.807, 2.05) is 49.3 Å². The number of rotatable bonds is 7. The zero-order chi connectivity index (χ0) is 15.7. The highest BCUT2D eigenvalue weighted by atomic mass is 16.5. The summed E-state index contributed by atoms with van der Waals surface area (Å²) in [5, 5.41) is 5.24. The number of alkyl carbamates (subject to hydrolysis) is 1. The summed E-state index contributed by atoms with van der Waals surface area (Å²) in [7, 11) is 3.85. The van der Waals surface area contributed by atoms with Gasteiger partial charge < -0.3 is 20.3 Å². The molecule has 0 saturated carbocycles. The molecule has 0 aliphatic rings. The number of amides is 2. The van der Waals surface area contributed by atoms with E-state index in [9.17, 15) is 9.59 Å². The van der Waals surface area contributed by atoms with Crippen molar-refractivity contribution in [3.8, 4) is 0 Å². The van der Waals surface area contributed by atoms with Gasteiger partial charge in [0.1, 0.15) is 12.6 Å². The van der Waals surface area contributed by atoms with E-state index in [0.29, 0.717) is 6.54 Å². The summed E-state index contributed by atoms with van der Waals surface area (Å²) in [5.41, 5.74) is 0.899. The van der Waals surface area contributed by atoms with E-state index < -0.39 is 12.1 Å². The minimum atomic E-state index is -0.629. The number of carbonyl (C=O) groups is 2. The Morgan fingerprint density at radius 1 is 1.24 bits per heavy atom. The van der Waals surface area contributed by atoms with Gasteiger partial charge >= 0.3 is 6.09 Å². The van der Waals surface area contributed by atoms with Gasteiger partial charge in [0.2, 0.25) is 5.91 Å². The SMILES string of the molecule is C[C@H](NC(=O)OCc1ccccc1)C(=O)NCCN(C)C. The fraction of sp³-hybridized carbons (Fsp3) is 0.467. The number of likely N-dealkylation sites (N-methyl/N-ethyl adjacent to an activating group) is 1. The van der Waals surface area contributed by atoms with Gasteiger partial charge in [-0.25, -0.2) is 4.79 Å². The van der Waals surface area contributed by atoms with Gasteiger partial charge in [-0.2, -0.15) is 0 Å².